The maximum Gasteiger partial charge on any atom is 0.269 e. The molecule has 1 aromatic heterocycles. The molecule has 6 heteroatoms. The van der Waals surface area contributed by atoms with Crippen molar-refractivity contribution < 1.29 is 4.92 Å². The molecule has 0 N–H and O–H groups in total. The van der Waals surface area contributed by atoms with Crippen LogP contribution in [0.2, 0.25) is 0 Å². The number of para-hydroxylation sites is 1. The second-order valence-corrected chi connectivity index (χ2v) is 7.86. The van der Waals surface area contributed by atoms with Crippen LogP contribution in [0.4, 0.5) is 11.4 Å². The fourth-order valence-corrected chi connectivity index (χ4v) is 4.78. The van der Waals surface area contributed by atoms with Gasteiger partial charge in [-0.15, -0.1) is 23.1 Å². The third-order valence-electron chi connectivity index (χ3n) is 4.03. The van der Waals surface area contributed by atoms with Gasteiger partial charge < -0.3 is 0 Å². The van der Waals surface area contributed by atoms with Crippen LogP contribution >= 0.6 is 23.1 Å². The van der Waals surface area contributed by atoms with E-state index in [1.165, 1.54) is 6.07 Å². The van der Waals surface area contributed by atoms with Gasteiger partial charge in [-0.05, 0) is 29.1 Å². The van der Waals surface area contributed by atoms with E-state index < -0.39 is 0 Å². The highest BCUT2D eigenvalue weighted by Gasteiger charge is 2.24. The molecule has 0 bridgehead atoms. The monoisotopic (exact) mass is 366 g/mol. The SMILES string of the molecule is O=[N+]([O-])c1cccc([C@H]2CC(c3cccs3)=Nc3ccccc3S2)c1. The van der Waals surface area contributed by atoms with E-state index in [1.54, 1.807) is 35.2 Å². The van der Waals surface area contributed by atoms with E-state index in [9.17, 15) is 10.1 Å². The van der Waals surface area contributed by atoms with Crippen molar-refractivity contribution in [3.63, 3.8) is 0 Å². The molecule has 4 rings (SSSR count). The lowest BCUT2D eigenvalue weighted by Crippen LogP contribution is -2.04. The van der Waals surface area contributed by atoms with Gasteiger partial charge in [-0.25, -0.2) is 0 Å². The second kappa shape index (κ2) is 6.82. The van der Waals surface area contributed by atoms with Crippen molar-refractivity contribution in [2.24, 2.45) is 4.99 Å². The van der Waals surface area contributed by atoms with Crippen molar-refractivity contribution in [1.29, 1.82) is 0 Å². The summed E-state index contributed by atoms with van der Waals surface area (Å²) in [5.41, 5.74) is 3.08. The van der Waals surface area contributed by atoms with Crippen LogP contribution in [0.5, 0.6) is 0 Å². The van der Waals surface area contributed by atoms with Gasteiger partial charge in [0.15, 0.2) is 0 Å². The zero-order chi connectivity index (χ0) is 17.2. The van der Waals surface area contributed by atoms with Crippen LogP contribution in [0.25, 0.3) is 0 Å². The van der Waals surface area contributed by atoms with E-state index in [2.05, 4.69) is 12.1 Å². The molecule has 0 fully saturated rings. The van der Waals surface area contributed by atoms with Crippen LogP contribution in [0.15, 0.2) is 75.9 Å². The van der Waals surface area contributed by atoms with Crippen LogP contribution in [-0.4, -0.2) is 10.6 Å². The summed E-state index contributed by atoms with van der Waals surface area (Å²) in [6.45, 7) is 0. The first kappa shape index (κ1) is 16.1. The van der Waals surface area contributed by atoms with Crippen molar-refractivity contribution >= 4 is 40.2 Å². The highest BCUT2D eigenvalue weighted by Crippen LogP contribution is 2.46. The average molecular weight is 366 g/mol. The minimum Gasteiger partial charge on any atom is -0.258 e. The fraction of sp³-hybridized carbons (Fsp3) is 0.105. The van der Waals surface area contributed by atoms with Gasteiger partial charge in [-0.2, -0.15) is 0 Å². The molecule has 0 saturated carbocycles. The third kappa shape index (κ3) is 3.36. The summed E-state index contributed by atoms with van der Waals surface area (Å²) in [4.78, 5) is 17.9. The molecule has 0 aliphatic carbocycles. The van der Waals surface area contributed by atoms with E-state index in [-0.39, 0.29) is 15.9 Å². The third-order valence-corrected chi connectivity index (χ3v) is 6.27. The molecule has 2 heterocycles. The molecule has 2 aromatic carbocycles. The summed E-state index contributed by atoms with van der Waals surface area (Å²) < 4.78 is 0. The van der Waals surface area contributed by atoms with E-state index in [4.69, 9.17) is 4.99 Å². The Bertz CT molecular complexity index is 952. The molecular formula is C19H14N2O2S2. The topological polar surface area (TPSA) is 55.5 Å². The van der Waals surface area contributed by atoms with Crippen LogP contribution in [0, 0.1) is 10.1 Å². The number of fused-ring (bicyclic) bond motifs is 1. The van der Waals surface area contributed by atoms with Crippen molar-refractivity contribution in [1.82, 2.24) is 0 Å². The quantitative estimate of drug-likeness (QED) is 0.421. The summed E-state index contributed by atoms with van der Waals surface area (Å²) in [5.74, 6) is 0. The summed E-state index contributed by atoms with van der Waals surface area (Å²) in [7, 11) is 0. The number of aliphatic imine (C=N–C) groups is 1. The molecule has 0 saturated heterocycles. The number of thioether (sulfide) groups is 1. The molecule has 4 nitrogen and oxygen atoms in total. The molecule has 124 valence electrons. The Hall–Kier alpha value is -2.44. The standard InChI is InChI=1S/C19H14N2O2S2/c22-21(23)14-6-3-5-13(11-14)19-12-16(17-9-4-10-24-17)20-15-7-1-2-8-18(15)25-19/h1-11,19H,12H2/t19-/m1/s1. The van der Waals surface area contributed by atoms with Gasteiger partial charge in [0.1, 0.15) is 0 Å². The molecule has 3 aromatic rings. The number of nitro groups is 1. The van der Waals surface area contributed by atoms with Gasteiger partial charge in [0.2, 0.25) is 0 Å². The van der Waals surface area contributed by atoms with Crippen molar-refractivity contribution in [3.8, 4) is 0 Å². The molecule has 0 spiro atoms. The summed E-state index contributed by atoms with van der Waals surface area (Å²) in [6.07, 6.45) is 0.737. The Kier molecular flexibility index (Phi) is 4.38. The number of non-ortho nitro benzene ring substituents is 1. The normalized spacial score (nSPS) is 16.6. The molecule has 0 unspecified atom stereocenters. The van der Waals surface area contributed by atoms with E-state index in [0.29, 0.717) is 0 Å². The Morgan fingerprint density at radius 3 is 2.76 bits per heavy atom. The maximum atomic E-state index is 11.1. The van der Waals surface area contributed by atoms with Crippen molar-refractivity contribution in [3.05, 3.63) is 86.6 Å². The smallest absolute Gasteiger partial charge is 0.258 e. The average Bonchev–Trinajstić information content (AvgIpc) is 3.09. The zero-order valence-corrected chi connectivity index (χ0v) is 14.8. The van der Waals surface area contributed by atoms with Crippen LogP contribution in [0.1, 0.15) is 22.1 Å². The van der Waals surface area contributed by atoms with Crippen LogP contribution in [-0.2, 0) is 0 Å². The van der Waals surface area contributed by atoms with Gasteiger partial charge in [0.05, 0.1) is 16.3 Å². The number of benzene rings is 2. The molecule has 1 atom stereocenters. The molecule has 1 aliphatic heterocycles. The summed E-state index contributed by atoms with van der Waals surface area (Å²) in [6, 6.07) is 19.1. The van der Waals surface area contributed by atoms with Crippen molar-refractivity contribution in [2.75, 3.05) is 0 Å². The first-order chi connectivity index (χ1) is 12.2. The fourth-order valence-electron chi connectivity index (χ4n) is 2.83. The molecule has 1 aliphatic rings. The number of hydrogen-bond donors (Lipinski definition) is 0. The highest BCUT2D eigenvalue weighted by molar-refractivity contribution is 7.99. The Labute approximate surface area is 153 Å². The zero-order valence-electron chi connectivity index (χ0n) is 13.2. The highest BCUT2D eigenvalue weighted by atomic mass is 32.2. The predicted octanol–water partition coefficient (Wildman–Crippen LogP) is 6.01. The van der Waals surface area contributed by atoms with Crippen molar-refractivity contribution in [2.45, 2.75) is 16.6 Å². The van der Waals surface area contributed by atoms with E-state index >= 15 is 0 Å². The van der Waals surface area contributed by atoms with Crippen LogP contribution in [0.3, 0.4) is 0 Å². The number of nitro benzene ring substituents is 1. The predicted molar refractivity (Wildman–Crippen MR) is 103 cm³/mol. The summed E-state index contributed by atoms with van der Waals surface area (Å²) in [5, 5.41) is 13.3. The van der Waals surface area contributed by atoms with E-state index in [1.807, 2.05) is 35.7 Å². The van der Waals surface area contributed by atoms with Gasteiger partial charge in [-0.3, -0.25) is 15.1 Å². The number of nitrogens with zero attached hydrogens (tertiary/aromatic N) is 2. The molecule has 0 radical (unpaired) electrons. The van der Waals surface area contributed by atoms with Gasteiger partial charge in [0, 0.05) is 33.6 Å². The van der Waals surface area contributed by atoms with Gasteiger partial charge in [0.25, 0.3) is 5.69 Å². The lowest BCUT2D eigenvalue weighted by molar-refractivity contribution is -0.384. The Morgan fingerprint density at radius 2 is 1.96 bits per heavy atom. The van der Waals surface area contributed by atoms with Gasteiger partial charge in [-0.1, -0.05) is 30.3 Å². The number of rotatable bonds is 3. The van der Waals surface area contributed by atoms with Gasteiger partial charge >= 0.3 is 0 Å². The summed E-state index contributed by atoms with van der Waals surface area (Å²) >= 11 is 3.39. The largest absolute Gasteiger partial charge is 0.269 e. The lowest BCUT2D eigenvalue weighted by atomic mass is 10.0. The first-order valence-electron chi connectivity index (χ1n) is 7.82. The number of thiophene rings is 1. The first-order valence-corrected chi connectivity index (χ1v) is 9.58. The minimum atomic E-state index is -0.340. The lowest BCUT2D eigenvalue weighted by Gasteiger charge is -2.15. The number of hydrogen-bond acceptors (Lipinski definition) is 5. The second-order valence-electron chi connectivity index (χ2n) is 5.67. The Morgan fingerprint density at radius 1 is 1.08 bits per heavy atom. The molecule has 25 heavy (non-hydrogen) atoms. The van der Waals surface area contributed by atoms with Crippen LogP contribution < -0.4 is 0 Å². The maximum absolute atomic E-state index is 11.1. The Balaban J connectivity index is 1.79. The molecule has 0 amide bonds. The minimum absolute atomic E-state index is 0.0874. The molecular weight excluding hydrogens is 352 g/mol. The van der Waals surface area contributed by atoms with E-state index in [0.717, 1.165) is 33.2 Å².